The number of piperidine rings is 1. The fourth-order valence-corrected chi connectivity index (χ4v) is 3.89. The smallest absolute Gasteiger partial charge is 0.186 e. The molecule has 19 heavy (non-hydrogen) atoms. The predicted octanol–water partition coefficient (Wildman–Crippen LogP) is 3.48. The largest absolute Gasteiger partial charge is 0.348 e. The molecule has 102 valence electrons. The van der Waals surface area contributed by atoms with Gasteiger partial charge in [0.05, 0.1) is 10.2 Å². The Kier molecular flexibility index (Phi) is 3.65. The summed E-state index contributed by atoms with van der Waals surface area (Å²) in [7, 11) is 4.33. The van der Waals surface area contributed by atoms with Crippen LogP contribution in [0.5, 0.6) is 0 Å². The standard InChI is InChI=1S/C14H18ClN3S/c1-17(2)11-5-7-18(8-6-11)14-16-12-4-3-10(15)9-13(12)19-14/h3-4,9,11H,5-8H2,1-2H3. The molecule has 5 heteroatoms. The molecule has 0 spiro atoms. The van der Waals surface area contributed by atoms with E-state index < -0.39 is 0 Å². The van der Waals surface area contributed by atoms with Crippen LogP contribution in [0.25, 0.3) is 10.2 Å². The summed E-state index contributed by atoms with van der Waals surface area (Å²) in [5.74, 6) is 0. The van der Waals surface area contributed by atoms with Crippen LogP contribution in [-0.2, 0) is 0 Å². The Morgan fingerprint density at radius 3 is 2.74 bits per heavy atom. The van der Waals surface area contributed by atoms with Crippen LogP contribution in [0.1, 0.15) is 12.8 Å². The molecule has 0 saturated carbocycles. The molecule has 2 aromatic rings. The van der Waals surface area contributed by atoms with Gasteiger partial charge in [-0.1, -0.05) is 22.9 Å². The lowest BCUT2D eigenvalue weighted by Crippen LogP contribution is -2.41. The van der Waals surface area contributed by atoms with E-state index in [2.05, 4.69) is 23.9 Å². The van der Waals surface area contributed by atoms with Crippen molar-refractivity contribution >= 4 is 38.3 Å². The van der Waals surface area contributed by atoms with Crippen molar-refractivity contribution in [3.8, 4) is 0 Å². The number of thiazole rings is 1. The maximum absolute atomic E-state index is 6.03. The minimum Gasteiger partial charge on any atom is -0.348 e. The molecule has 1 aliphatic rings. The first-order valence-corrected chi connectivity index (χ1v) is 7.80. The van der Waals surface area contributed by atoms with Crippen LogP contribution < -0.4 is 4.90 Å². The predicted molar refractivity (Wildman–Crippen MR) is 83.6 cm³/mol. The van der Waals surface area contributed by atoms with Gasteiger partial charge in [-0.2, -0.15) is 0 Å². The highest BCUT2D eigenvalue weighted by molar-refractivity contribution is 7.22. The lowest BCUT2D eigenvalue weighted by atomic mass is 10.0. The normalized spacial score (nSPS) is 17.6. The van der Waals surface area contributed by atoms with Crippen LogP contribution in [0, 0.1) is 0 Å². The number of anilines is 1. The first-order chi connectivity index (χ1) is 9.13. The van der Waals surface area contributed by atoms with E-state index in [1.165, 1.54) is 17.5 Å². The van der Waals surface area contributed by atoms with Crippen molar-refractivity contribution in [3.63, 3.8) is 0 Å². The van der Waals surface area contributed by atoms with E-state index >= 15 is 0 Å². The van der Waals surface area contributed by atoms with Gasteiger partial charge in [0.1, 0.15) is 0 Å². The summed E-state index contributed by atoms with van der Waals surface area (Å²) in [4.78, 5) is 9.45. The Bertz CT molecular complexity index is 573. The van der Waals surface area contributed by atoms with E-state index in [4.69, 9.17) is 16.6 Å². The van der Waals surface area contributed by atoms with Crippen molar-refractivity contribution in [2.75, 3.05) is 32.1 Å². The highest BCUT2D eigenvalue weighted by atomic mass is 35.5. The zero-order valence-corrected chi connectivity index (χ0v) is 12.8. The number of rotatable bonds is 2. The summed E-state index contributed by atoms with van der Waals surface area (Å²) in [5.41, 5.74) is 1.05. The highest BCUT2D eigenvalue weighted by Crippen LogP contribution is 2.32. The summed E-state index contributed by atoms with van der Waals surface area (Å²) in [6.07, 6.45) is 2.42. The van der Waals surface area contributed by atoms with Gasteiger partial charge < -0.3 is 9.80 Å². The van der Waals surface area contributed by atoms with E-state index in [0.717, 1.165) is 28.8 Å². The number of fused-ring (bicyclic) bond motifs is 1. The van der Waals surface area contributed by atoms with Crippen LogP contribution in [0.15, 0.2) is 18.2 Å². The zero-order chi connectivity index (χ0) is 13.4. The lowest BCUT2D eigenvalue weighted by molar-refractivity contribution is 0.249. The average molecular weight is 296 g/mol. The lowest BCUT2D eigenvalue weighted by Gasteiger charge is -2.34. The van der Waals surface area contributed by atoms with E-state index in [0.29, 0.717) is 6.04 Å². The molecular weight excluding hydrogens is 278 g/mol. The summed E-state index contributed by atoms with van der Waals surface area (Å²) < 4.78 is 1.18. The number of benzene rings is 1. The average Bonchev–Trinajstić information content (AvgIpc) is 2.81. The SMILES string of the molecule is CN(C)C1CCN(c2nc3ccc(Cl)cc3s2)CC1. The van der Waals surface area contributed by atoms with Crippen molar-refractivity contribution in [2.24, 2.45) is 0 Å². The molecule has 3 nitrogen and oxygen atoms in total. The van der Waals surface area contributed by atoms with Gasteiger partial charge in [-0.25, -0.2) is 4.98 Å². The van der Waals surface area contributed by atoms with Gasteiger partial charge in [0.2, 0.25) is 0 Å². The second-order valence-corrected chi connectivity index (χ2v) is 6.74. The third kappa shape index (κ3) is 2.71. The fraction of sp³-hybridized carbons (Fsp3) is 0.500. The second kappa shape index (κ2) is 5.27. The Hall–Kier alpha value is -0.840. The summed E-state index contributed by atoms with van der Waals surface area (Å²) >= 11 is 7.77. The Balaban J connectivity index is 1.78. The van der Waals surface area contributed by atoms with E-state index in [1.54, 1.807) is 11.3 Å². The van der Waals surface area contributed by atoms with E-state index in [9.17, 15) is 0 Å². The van der Waals surface area contributed by atoms with Crippen LogP contribution in [0.2, 0.25) is 5.02 Å². The quantitative estimate of drug-likeness (QED) is 0.845. The highest BCUT2D eigenvalue weighted by Gasteiger charge is 2.22. The second-order valence-electron chi connectivity index (χ2n) is 5.29. The van der Waals surface area contributed by atoms with Crippen molar-refractivity contribution < 1.29 is 0 Å². The minimum absolute atomic E-state index is 0.708. The maximum atomic E-state index is 6.03. The molecule has 1 fully saturated rings. The van der Waals surface area contributed by atoms with Crippen molar-refractivity contribution in [3.05, 3.63) is 23.2 Å². The van der Waals surface area contributed by atoms with Crippen LogP contribution in [0.3, 0.4) is 0 Å². The molecule has 0 unspecified atom stereocenters. The summed E-state index contributed by atoms with van der Waals surface area (Å²) in [6.45, 7) is 2.19. The molecule has 0 atom stereocenters. The molecular formula is C14H18ClN3S. The monoisotopic (exact) mass is 295 g/mol. The maximum Gasteiger partial charge on any atom is 0.186 e. The minimum atomic E-state index is 0.708. The van der Waals surface area contributed by atoms with E-state index in [1.807, 2.05) is 18.2 Å². The summed E-state index contributed by atoms with van der Waals surface area (Å²) in [5, 5.41) is 1.92. The third-order valence-electron chi connectivity index (χ3n) is 3.80. The number of halogens is 1. The fourth-order valence-electron chi connectivity index (χ4n) is 2.60. The first kappa shape index (κ1) is 13.2. The Morgan fingerprint density at radius 2 is 2.05 bits per heavy atom. The van der Waals surface area contributed by atoms with Gasteiger partial charge in [-0.15, -0.1) is 0 Å². The molecule has 1 aromatic heterocycles. The molecule has 0 bridgehead atoms. The van der Waals surface area contributed by atoms with Gasteiger partial charge in [0.15, 0.2) is 5.13 Å². The van der Waals surface area contributed by atoms with Crippen molar-refractivity contribution in [2.45, 2.75) is 18.9 Å². The van der Waals surface area contributed by atoms with Crippen LogP contribution in [-0.4, -0.2) is 43.1 Å². The molecule has 2 heterocycles. The molecule has 1 aromatic carbocycles. The number of hydrogen-bond donors (Lipinski definition) is 0. The molecule has 0 amide bonds. The van der Waals surface area contributed by atoms with Gasteiger partial charge >= 0.3 is 0 Å². The van der Waals surface area contributed by atoms with Gasteiger partial charge in [-0.3, -0.25) is 0 Å². The molecule has 0 N–H and O–H groups in total. The van der Waals surface area contributed by atoms with Gasteiger partial charge in [0.25, 0.3) is 0 Å². The van der Waals surface area contributed by atoms with Crippen LogP contribution in [0.4, 0.5) is 5.13 Å². The molecule has 1 aliphatic heterocycles. The number of hydrogen-bond acceptors (Lipinski definition) is 4. The Morgan fingerprint density at radius 1 is 1.32 bits per heavy atom. The Labute approximate surface area is 122 Å². The molecule has 0 radical (unpaired) electrons. The topological polar surface area (TPSA) is 19.4 Å². The summed E-state index contributed by atoms with van der Waals surface area (Å²) in [6, 6.07) is 6.63. The molecule has 1 saturated heterocycles. The van der Waals surface area contributed by atoms with E-state index in [-0.39, 0.29) is 0 Å². The van der Waals surface area contributed by atoms with Gasteiger partial charge in [0, 0.05) is 24.2 Å². The number of nitrogens with zero attached hydrogens (tertiary/aromatic N) is 3. The third-order valence-corrected chi connectivity index (χ3v) is 5.12. The van der Waals surface area contributed by atoms with Crippen LogP contribution >= 0.6 is 22.9 Å². The molecule has 0 aliphatic carbocycles. The zero-order valence-electron chi connectivity index (χ0n) is 11.3. The molecule has 3 rings (SSSR count). The first-order valence-electron chi connectivity index (χ1n) is 6.61. The van der Waals surface area contributed by atoms with Gasteiger partial charge in [-0.05, 0) is 45.1 Å². The number of aromatic nitrogens is 1. The van der Waals surface area contributed by atoms with Crippen molar-refractivity contribution in [1.29, 1.82) is 0 Å². The van der Waals surface area contributed by atoms with Crippen molar-refractivity contribution in [1.82, 2.24) is 9.88 Å².